The standard InChI is InChI=1S/C12H22O4/c1-5-12(10(13)14,8-7-9(3)4)11(15)16-6-2/h9H,5-8H2,1-4H3,(H,13,14). The Balaban J connectivity index is 4.85. The summed E-state index contributed by atoms with van der Waals surface area (Å²) < 4.78 is 4.87. The van der Waals surface area contributed by atoms with Crippen LogP contribution in [0.1, 0.15) is 47.0 Å². The van der Waals surface area contributed by atoms with Crippen LogP contribution in [0.25, 0.3) is 0 Å². The number of rotatable bonds is 7. The summed E-state index contributed by atoms with van der Waals surface area (Å²) in [5.74, 6) is -1.31. The molecule has 0 saturated carbocycles. The van der Waals surface area contributed by atoms with Crippen molar-refractivity contribution in [3.05, 3.63) is 0 Å². The molecule has 0 bridgehead atoms. The first-order valence-corrected chi connectivity index (χ1v) is 5.81. The van der Waals surface area contributed by atoms with Crippen LogP contribution in [0.15, 0.2) is 0 Å². The number of carbonyl (C=O) groups excluding carboxylic acids is 1. The van der Waals surface area contributed by atoms with Gasteiger partial charge in [-0.1, -0.05) is 20.8 Å². The molecule has 0 rings (SSSR count). The highest BCUT2D eigenvalue weighted by molar-refractivity contribution is 5.99. The lowest BCUT2D eigenvalue weighted by Gasteiger charge is -2.26. The van der Waals surface area contributed by atoms with Gasteiger partial charge in [0.1, 0.15) is 0 Å². The number of carboxylic acids is 1. The predicted molar refractivity (Wildman–Crippen MR) is 61.1 cm³/mol. The number of ether oxygens (including phenoxy) is 1. The third kappa shape index (κ3) is 3.51. The monoisotopic (exact) mass is 230 g/mol. The molecule has 4 heteroatoms. The molecule has 0 aliphatic heterocycles. The normalized spacial score (nSPS) is 14.6. The Morgan fingerprint density at radius 2 is 1.88 bits per heavy atom. The Bertz CT molecular complexity index is 247. The third-order valence-electron chi connectivity index (χ3n) is 2.83. The lowest BCUT2D eigenvalue weighted by Crippen LogP contribution is -2.40. The van der Waals surface area contributed by atoms with Crippen molar-refractivity contribution >= 4 is 11.9 Å². The molecule has 1 atom stereocenters. The maximum Gasteiger partial charge on any atom is 0.323 e. The van der Waals surface area contributed by atoms with E-state index >= 15 is 0 Å². The molecule has 16 heavy (non-hydrogen) atoms. The first-order chi connectivity index (χ1) is 7.40. The van der Waals surface area contributed by atoms with E-state index in [0.717, 1.165) is 0 Å². The summed E-state index contributed by atoms with van der Waals surface area (Å²) in [6.07, 6.45) is 1.32. The van der Waals surface area contributed by atoms with E-state index in [0.29, 0.717) is 18.8 Å². The molecule has 0 amide bonds. The fourth-order valence-electron chi connectivity index (χ4n) is 1.57. The molecule has 0 saturated heterocycles. The van der Waals surface area contributed by atoms with Gasteiger partial charge in [-0.2, -0.15) is 0 Å². The summed E-state index contributed by atoms with van der Waals surface area (Å²) in [6.45, 7) is 7.63. The summed E-state index contributed by atoms with van der Waals surface area (Å²) in [6, 6.07) is 0. The van der Waals surface area contributed by atoms with Crippen LogP contribution in [0.3, 0.4) is 0 Å². The van der Waals surface area contributed by atoms with Crippen molar-refractivity contribution in [3.63, 3.8) is 0 Å². The highest BCUT2D eigenvalue weighted by Crippen LogP contribution is 2.32. The Morgan fingerprint density at radius 1 is 1.31 bits per heavy atom. The minimum absolute atomic E-state index is 0.218. The third-order valence-corrected chi connectivity index (χ3v) is 2.83. The lowest BCUT2D eigenvalue weighted by molar-refractivity contribution is -0.169. The quantitative estimate of drug-likeness (QED) is 0.539. The van der Waals surface area contributed by atoms with Gasteiger partial charge < -0.3 is 9.84 Å². The van der Waals surface area contributed by atoms with Gasteiger partial charge in [0.25, 0.3) is 0 Å². The van der Waals surface area contributed by atoms with Crippen molar-refractivity contribution in [2.24, 2.45) is 11.3 Å². The van der Waals surface area contributed by atoms with E-state index in [1.165, 1.54) is 0 Å². The maximum absolute atomic E-state index is 11.7. The fourth-order valence-corrected chi connectivity index (χ4v) is 1.57. The average Bonchev–Trinajstić information content (AvgIpc) is 2.18. The van der Waals surface area contributed by atoms with Crippen LogP contribution in [0.5, 0.6) is 0 Å². The number of hydrogen-bond donors (Lipinski definition) is 1. The van der Waals surface area contributed by atoms with Gasteiger partial charge in [-0.05, 0) is 32.1 Å². The van der Waals surface area contributed by atoms with Crippen LogP contribution in [-0.2, 0) is 14.3 Å². The number of carboxylic acid groups (broad SMARTS) is 1. The molecule has 0 aliphatic rings. The van der Waals surface area contributed by atoms with Crippen LogP contribution in [0.4, 0.5) is 0 Å². The first-order valence-electron chi connectivity index (χ1n) is 5.81. The summed E-state index contributed by atoms with van der Waals surface area (Å²) in [4.78, 5) is 23.0. The molecule has 0 aliphatic carbocycles. The Morgan fingerprint density at radius 3 is 2.19 bits per heavy atom. The zero-order valence-corrected chi connectivity index (χ0v) is 10.6. The molecule has 1 unspecified atom stereocenters. The molecular weight excluding hydrogens is 208 g/mol. The highest BCUT2D eigenvalue weighted by atomic mass is 16.5. The Kier molecular flexibility index (Phi) is 6.08. The van der Waals surface area contributed by atoms with Crippen LogP contribution in [-0.4, -0.2) is 23.7 Å². The summed E-state index contributed by atoms with van der Waals surface area (Å²) in [5.41, 5.74) is -1.36. The Labute approximate surface area is 97.0 Å². The van der Waals surface area contributed by atoms with Crippen molar-refractivity contribution < 1.29 is 19.4 Å². The van der Waals surface area contributed by atoms with Gasteiger partial charge in [0.15, 0.2) is 5.41 Å². The number of esters is 1. The summed E-state index contributed by atoms with van der Waals surface area (Å²) >= 11 is 0. The SMILES string of the molecule is CCOC(=O)C(CC)(CCC(C)C)C(=O)O. The topological polar surface area (TPSA) is 63.6 Å². The molecule has 0 aromatic heterocycles. The molecule has 94 valence electrons. The van der Waals surface area contributed by atoms with Gasteiger partial charge in [-0.3, -0.25) is 9.59 Å². The molecule has 1 N–H and O–H groups in total. The summed E-state index contributed by atoms with van der Waals surface area (Å²) in [7, 11) is 0. The largest absolute Gasteiger partial charge is 0.480 e. The van der Waals surface area contributed by atoms with Gasteiger partial charge in [0.05, 0.1) is 6.61 Å². The molecule has 0 spiro atoms. The van der Waals surface area contributed by atoms with Crippen LogP contribution in [0.2, 0.25) is 0 Å². The minimum atomic E-state index is -1.36. The fraction of sp³-hybridized carbons (Fsp3) is 0.833. The number of aliphatic carboxylic acids is 1. The summed E-state index contributed by atoms with van der Waals surface area (Å²) in [5, 5.41) is 9.23. The molecule has 0 aromatic rings. The van der Waals surface area contributed by atoms with Crippen LogP contribution >= 0.6 is 0 Å². The minimum Gasteiger partial charge on any atom is -0.480 e. The van der Waals surface area contributed by atoms with Crippen molar-refractivity contribution in [2.45, 2.75) is 47.0 Å². The molecule has 4 nitrogen and oxygen atoms in total. The molecule has 0 fully saturated rings. The molecular formula is C12H22O4. The smallest absolute Gasteiger partial charge is 0.323 e. The number of carbonyl (C=O) groups is 2. The second kappa shape index (κ2) is 6.51. The number of hydrogen-bond acceptors (Lipinski definition) is 3. The van der Waals surface area contributed by atoms with E-state index in [1.807, 2.05) is 13.8 Å². The van der Waals surface area contributed by atoms with Crippen molar-refractivity contribution in [1.82, 2.24) is 0 Å². The van der Waals surface area contributed by atoms with Gasteiger partial charge in [0.2, 0.25) is 0 Å². The van der Waals surface area contributed by atoms with E-state index < -0.39 is 17.4 Å². The van der Waals surface area contributed by atoms with E-state index in [1.54, 1.807) is 13.8 Å². The molecule has 0 radical (unpaired) electrons. The van der Waals surface area contributed by atoms with Gasteiger partial charge in [0, 0.05) is 0 Å². The van der Waals surface area contributed by atoms with Gasteiger partial charge in [-0.15, -0.1) is 0 Å². The second-order valence-electron chi connectivity index (χ2n) is 4.39. The lowest BCUT2D eigenvalue weighted by atomic mass is 9.79. The van der Waals surface area contributed by atoms with Crippen molar-refractivity contribution in [3.8, 4) is 0 Å². The van der Waals surface area contributed by atoms with E-state index in [-0.39, 0.29) is 13.0 Å². The zero-order chi connectivity index (χ0) is 12.8. The van der Waals surface area contributed by atoms with Crippen molar-refractivity contribution in [1.29, 1.82) is 0 Å². The maximum atomic E-state index is 11.7. The van der Waals surface area contributed by atoms with E-state index in [9.17, 15) is 14.7 Å². The van der Waals surface area contributed by atoms with Gasteiger partial charge >= 0.3 is 11.9 Å². The Hall–Kier alpha value is -1.06. The molecule has 0 heterocycles. The molecule has 0 aromatic carbocycles. The average molecular weight is 230 g/mol. The zero-order valence-electron chi connectivity index (χ0n) is 10.6. The van der Waals surface area contributed by atoms with E-state index in [2.05, 4.69) is 0 Å². The van der Waals surface area contributed by atoms with Crippen LogP contribution in [0, 0.1) is 11.3 Å². The van der Waals surface area contributed by atoms with Gasteiger partial charge in [-0.25, -0.2) is 0 Å². The van der Waals surface area contributed by atoms with Crippen LogP contribution < -0.4 is 0 Å². The second-order valence-corrected chi connectivity index (χ2v) is 4.39. The first kappa shape index (κ1) is 14.9. The van der Waals surface area contributed by atoms with Crippen molar-refractivity contribution in [2.75, 3.05) is 6.61 Å². The highest BCUT2D eigenvalue weighted by Gasteiger charge is 2.45. The van der Waals surface area contributed by atoms with E-state index in [4.69, 9.17) is 4.74 Å². The predicted octanol–water partition coefficient (Wildman–Crippen LogP) is 2.47.